The van der Waals surface area contributed by atoms with Crippen molar-refractivity contribution in [3.8, 4) is 0 Å². The van der Waals surface area contributed by atoms with Crippen LogP contribution in [0, 0.1) is 0 Å². The molecule has 0 bridgehead atoms. The molecule has 24 heavy (non-hydrogen) atoms. The Morgan fingerprint density at radius 3 is 2.58 bits per heavy atom. The molecule has 2 rings (SSSR count). The molecule has 0 aliphatic heterocycles. The highest BCUT2D eigenvalue weighted by molar-refractivity contribution is 7.89. The lowest BCUT2D eigenvalue weighted by Crippen LogP contribution is -2.34. The van der Waals surface area contributed by atoms with Crippen LogP contribution < -0.4 is 10.0 Å². The number of carbonyl (C=O) groups excluding carboxylic acids is 1. The molecule has 0 fully saturated rings. The first-order chi connectivity index (χ1) is 11.3. The van der Waals surface area contributed by atoms with E-state index in [-0.39, 0.29) is 22.4 Å². The third-order valence-electron chi connectivity index (χ3n) is 3.63. The molecule has 0 radical (unpaired) electrons. The molecule has 1 amide bonds. The predicted molar refractivity (Wildman–Crippen MR) is 90.2 cm³/mol. The van der Waals surface area contributed by atoms with Gasteiger partial charge in [-0.3, -0.25) is 9.69 Å². The van der Waals surface area contributed by atoms with Gasteiger partial charge < -0.3 is 9.73 Å². The second-order valence-electron chi connectivity index (χ2n) is 5.44. The summed E-state index contributed by atoms with van der Waals surface area (Å²) < 4.78 is 31.3. The lowest BCUT2D eigenvalue weighted by atomic mass is 10.2. The zero-order valence-electron chi connectivity index (χ0n) is 13.8. The molecule has 2 aromatic rings. The van der Waals surface area contributed by atoms with E-state index in [0.717, 1.165) is 5.76 Å². The Labute approximate surface area is 141 Å². The quantitative estimate of drug-likeness (QED) is 0.783. The average Bonchev–Trinajstić information content (AvgIpc) is 3.09. The van der Waals surface area contributed by atoms with Gasteiger partial charge in [0.25, 0.3) is 5.91 Å². The minimum absolute atomic E-state index is 0.0489. The Morgan fingerprint density at radius 2 is 2.00 bits per heavy atom. The summed E-state index contributed by atoms with van der Waals surface area (Å²) in [7, 11) is 1.52. The molecule has 1 heterocycles. The van der Waals surface area contributed by atoms with Gasteiger partial charge in [-0.15, -0.1) is 0 Å². The summed E-state index contributed by atoms with van der Waals surface area (Å²) in [6.45, 7) is 0.336. The van der Waals surface area contributed by atoms with Crippen LogP contribution in [0.1, 0.15) is 22.2 Å². The number of benzene rings is 1. The van der Waals surface area contributed by atoms with Crippen molar-refractivity contribution in [1.29, 1.82) is 0 Å². The first-order valence-electron chi connectivity index (χ1n) is 7.37. The van der Waals surface area contributed by atoms with E-state index in [1.807, 2.05) is 25.1 Å². The number of amides is 1. The third-order valence-corrected chi connectivity index (χ3v) is 5.04. The Balaban J connectivity index is 2.11. The molecule has 0 unspecified atom stereocenters. The second kappa shape index (κ2) is 7.61. The summed E-state index contributed by atoms with van der Waals surface area (Å²) in [5.74, 6) is 0.397. The van der Waals surface area contributed by atoms with Gasteiger partial charge in [-0.2, -0.15) is 0 Å². The fourth-order valence-electron chi connectivity index (χ4n) is 2.23. The van der Waals surface area contributed by atoms with Gasteiger partial charge in [0.1, 0.15) is 5.76 Å². The number of nitrogens with one attached hydrogen (secondary N) is 2. The van der Waals surface area contributed by atoms with E-state index in [2.05, 4.69) is 10.0 Å². The van der Waals surface area contributed by atoms with E-state index in [1.165, 1.54) is 25.2 Å². The van der Waals surface area contributed by atoms with E-state index in [9.17, 15) is 13.2 Å². The third kappa shape index (κ3) is 4.22. The van der Waals surface area contributed by atoms with Crippen LogP contribution in [0.2, 0.25) is 0 Å². The maximum absolute atomic E-state index is 12.3. The van der Waals surface area contributed by atoms with Gasteiger partial charge in [-0.05, 0) is 51.5 Å². The Bertz CT molecular complexity index is 785. The maximum Gasteiger partial charge on any atom is 0.251 e. The van der Waals surface area contributed by atoms with Crippen LogP contribution in [0.5, 0.6) is 0 Å². The molecule has 1 aromatic heterocycles. The summed E-state index contributed by atoms with van der Waals surface area (Å²) in [5.41, 5.74) is 0.281. The van der Waals surface area contributed by atoms with Gasteiger partial charge in [0.2, 0.25) is 10.0 Å². The normalized spacial score (nSPS) is 13.0. The molecule has 1 aromatic carbocycles. The van der Waals surface area contributed by atoms with Crippen LogP contribution in [-0.2, 0) is 10.0 Å². The van der Waals surface area contributed by atoms with Gasteiger partial charge in [-0.25, -0.2) is 13.1 Å². The molecule has 7 nitrogen and oxygen atoms in total. The van der Waals surface area contributed by atoms with E-state index >= 15 is 0 Å². The number of hydrogen-bond donors (Lipinski definition) is 2. The van der Waals surface area contributed by atoms with Crippen molar-refractivity contribution in [2.24, 2.45) is 0 Å². The van der Waals surface area contributed by atoms with E-state index in [0.29, 0.717) is 6.54 Å². The standard InChI is InChI=1S/C16H21N3O4S/c1-17-24(21,22)13-7-4-6-12(10-13)16(20)18-11-14(19(2)3)15-8-5-9-23-15/h4-10,14,17H,11H2,1-3H3,(H,18,20)/t14-/m1/s1. The number of hydrogen-bond acceptors (Lipinski definition) is 5. The monoisotopic (exact) mass is 351 g/mol. The van der Waals surface area contributed by atoms with Crippen molar-refractivity contribution >= 4 is 15.9 Å². The zero-order chi connectivity index (χ0) is 17.7. The largest absolute Gasteiger partial charge is 0.468 e. The molecular formula is C16H21N3O4S. The minimum atomic E-state index is -3.59. The summed E-state index contributed by atoms with van der Waals surface area (Å²) in [5, 5.41) is 2.81. The smallest absolute Gasteiger partial charge is 0.251 e. The van der Waals surface area contributed by atoms with Crippen LogP contribution in [0.3, 0.4) is 0 Å². The first-order valence-corrected chi connectivity index (χ1v) is 8.85. The van der Waals surface area contributed by atoms with Gasteiger partial charge >= 0.3 is 0 Å². The number of likely N-dealkylation sites (N-methyl/N-ethyl adjacent to an activating group) is 1. The summed E-state index contributed by atoms with van der Waals surface area (Å²) in [6.07, 6.45) is 1.58. The summed E-state index contributed by atoms with van der Waals surface area (Å²) >= 11 is 0. The lowest BCUT2D eigenvalue weighted by Gasteiger charge is -2.22. The number of sulfonamides is 1. The van der Waals surface area contributed by atoms with Crippen LogP contribution in [0.15, 0.2) is 52.0 Å². The molecule has 130 valence electrons. The van der Waals surface area contributed by atoms with Crippen molar-refractivity contribution in [2.45, 2.75) is 10.9 Å². The molecule has 2 N–H and O–H groups in total. The van der Waals surface area contributed by atoms with Gasteiger partial charge in [0, 0.05) is 12.1 Å². The highest BCUT2D eigenvalue weighted by Gasteiger charge is 2.19. The fourth-order valence-corrected chi connectivity index (χ4v) is 3.01. The molecule has 0 saturated heterocycles. The molecular weight excluding hydrogens is 330 g/mol. The second-order valence-corrected chi connectivity index (χ2v) is 7.33. The topological polar surface area (TPSA) is 91.6 Å². The van der Waals surface area contributed by atoms with Crippen molar-refractivity contribution in [3.05, 3.63) is 54.0 Å². The zero-order valence-corrected chi connectivity index (χ0v) is 14.6. The summed E-state index contributed by atoms with van der Waals surface area (Å²) in [6, 6.07) is 9.41. The van der Waals surface area contributed by atoms with Crippen molar-refractivity contribution in [3.63, 3.8) is 0 Å². The van der Waals surface area contributed by atoms with Gasteiger partial charge in [-0.1, -0.05) is 6.07 Å². The van der Waals surface area contributed by atoms with Gasteiger partial charge in [0.15, 0.2) is 0 Å². The fraction of sp³-hybridized carbons (Fsp3) is 0.312. The first kappa shape index (κ1) is 18.2. The lowest BCUT2D eigenvalue weighted by molar-refractivity contribution is 0.0939. The molecule has 8 heteroatoms. The minimum Gasteiger partial charge on any atom is -0.468 e. The van der Waals surface area contributed by atoms with E-state index in [1.54, 1.807) is 18.4 Å². The molecule has 0 saturated carbocycles. The molecule has 0 aliphatic carbocycles. The predicted octanol–water partition coefficient (Wildman–Crippen LogP) is 1.22. The average molecular weight is 351 g/mol. The highest BCUT2D eigenvalue weighted by atomic mass is 32.2. The molecule has 0 spiro atoms. The van der Waals surface area contributed by atoms with Gasteiger partial charge in [0.05, 0.1) is 17.2 Å². The van der Waals surface area contributed by atoms with Crippen LogP contribution in [-0.4, -0.2) is 46.9 Å². The SMILES string of the molecule is CNS(=O)(=O)c1cccc(C(=O)NC[C@H](c2ccco2)N(C)C)c1. The Kier molecular flexibility index (Phi) is 5.76. The highest BCUT2D eigenvalue weighted by Crippen LogP contribution is 2.18. The van der Waals surface area contributed by atoms with Crippen molar-refractivity contribution in [1.82, 2.24) is 14.9 Å². The number of nitrogens with zero attached hydrogens (tertiary/aromatic N) is 1. The van der Waals surface area contributed by atoms with Crippen LogP contribution >= 0.6 is 0 Å². The van der Waals surface area contributed by atoms with Crippen LogP contribution in [0.25, 0.3) is 0 Å². The maximum atomic E-state index is 12.3. The Hall–Kier alpha value is -2.16. The van der Waals surface area contributed by atoms with Crippen molar-refractivity contribution < 1.29 is 17.6 Å². The number of carbonyl (C=O) groups is 1. The number of furan rings is 1. The van der Waals surface area contributed by atoms with Crippen molar-refractivity contribution in [2.75, 3.05) is 27.7 Å². The van der Waals surface area contributed by atoms with E-state index < -0.39 is 10.0 Å². The number of rotatable bonds is 7. The van der Waals surface area contributed by atoms with E-state index in [4.69, 9.17) is 4.42 Å². The molecule has 0 aliphatic rings. The van der Waals surface area contributed by atoms with Crippen LogP contribution in [0.4, 0.5) is 0 Å². The Morgan fingerprint density at radius 1 is 1.25 bits per heavy atom. The summed E-state index contributed by atoms with van der Waals surface area (Å²) in [4.78, 5) is 14.3. The molecule has 1 atom stereocenters.